The maximum atomic E-state index is 13.0. The van der Waals surface area contributed by atoms with Gasteiger partial charge in [0.05, 0.1) is 39.9 Å². The minimum absolute atomic E-state index is 0.0622. The zero-order valence-corrected chi connectivity index (χ0v) is 46.8. The van der Waals surface area contributed by atoms with Crippen molar-refractivity contribution in [2.75, 3.05) is 40.9 Å². The van der Waals surface area contributed by atoms with E-state index in [1.165, 1.54) is 218 Å². The Balaban J connectivity index is 4.13. The molecule has 0 saturated carbocycles. The Kier molecular flexibility index (Phi) is 49.7. The second-order valence-electron chi connectivity index (χ2n) is 21.4. The number of allylic oxidation sites excluding steroid dienone is 5. The number of carbonyl (C=O) groups is 1. The fourth-order valence-electron chi connectivity index (χ4n) is 8.72. The third kappa shape index (κ3) is 52.5. The van der Waals surface area contributed by atoms with Gasteiger partial charge >= 0.3 is 7.82 Å². The summed E-state index contributed by atoms with van der Waals surface area (Å²) in [6.07, 6.45) is 65.3. The van der Waals surface area contributed by atoms with E-state index in [1.807, 2.05) is 27.2 Å². The van der Waals surface area contributed by atoms with Crippen LogP contribution in [0.5, 0.6) is 0 Å². The van der Waals surface area contributed by atoms with Crippen LogP contribution in [-0.2, 0) is 18.4 Å². The maximum absolute atomic E-state index is 13.0. The molecule has 0 rings (SSSR count). The zero-order chi connectivity index (χ0) is 49.9. The van der Waals surface area contributed by atoms with Crippen LogP contribution in [0.4, 0.5) is 0 Å². The van der Waals surface area contributed by atoms with Crippen molar-refractivity contribution in [2.45, 2.75) is 296 Å². The SMILES string of the molecule is CCCCCCCCCCC/C=C\C/C=C\CCCCCCCCCCCCCCCC(=O)NC(COP(=O)(O)OCC[N+](C)(C)C)C(O)/C=C/CCCCCCCCCCCCCCCCC. The van der Waals surface area contributed by atoms with E-state index in [1.54, 1.807) is 6.08 Å². The highest BCUT2D eigenvalue weighted by atomic mass is 31.2. The van der Waals surface area contributed by atoms with Crippen LogP contribution < -0.4 is 5.32 Å². The molecule has 0 aromatic carbocycles. The molecule has 0 spiro atoms. The van der Waals surface area contributed by atoms with Gasteiger partial charge in [0.25, 0.3) is 0 Å². The first-order valence-electron chi connectivity index (χ1n) is 29.4. The van der Waals surface area contributed by atoms with Gasteiger partial charge in [-0.2, -0.15) is 0 Å². The van der Waals surface area contributed by atoms with E-state index >= 15 is 0 Å². The quantitative estimate of drug-likeness (QED) is 0.0243. The second kappa shape index (κ2) is 50.7. The smallest absolute Gasteiger partial charge is 0.387 e. The van der Waals surface area contributed by atoms with Gasteiger partial charge in [-0.05, 0) is 51.4 Å². The van der Waals surface area contributed by atoms with Crippen molar-refractivity contribution in [1.29, 1.82) is 0 Å². The molecular weight excluding hydrogens is 864 g/mol. The predicted molar refractivity (Wildman–Crippen MR) is 295 cm³/mol. The van der Waals surface area contributed by atoms with Gasteiger partial charge in [-0.1, -0.05) is 262 Å². The number of quaternary nitrogens is 1. The second-order valence-corrected chi connectivity index (χ2v) is 22.8. The lowest BCUT2D eigenvalue weighted by Crippen LogP contribution is -2.45. The lowest BCUT2D eigenvalue weighted by Gasteiger charge is -2.25. The molecule has 3 atom stereocenters. The third-order valence-electron chi connectivity index (χ3n) is 13.4. The predicted octanol–water partition coefficient (Wildman–Crippen LogP) is 17.8. The fourth-order valence-corrected chi connectivity index (χ4v) is 9.46. The largest absolute Gasteiger partial charge is 0.472 e. The van der Waals surface area contributed by atoms with Crippen LogP contribution >= 0.6 is 7.82 Å². The number of phosphoric ester groups is 1. The van der Waals surface area contributed by atoms with Gasteiger partial charge in [0.2, 0.25) is 5.91 Å². The van der Waals surface area contributed by atoms with Crippen molar-refractivity contribution in [3.05, 3.63) is 36.5 Å². The van der Waals surface area contributed by atoms with Crippen molar-refractivity contribution in [3.8, 4) is 0 Å². The first-order chi connectivity index (χ1) is 33.0. The molecule has 0 aliphatic carbocycles. The molecule has 68 heavy (non-hydrogen) atoms. The summed E-state index contributed by atoms with van der Waals surface area (Å²) in [5, 5.41) is 13.9. The summed E-state index contributed by atoms with van der Waals surface area (Å²) in [6, 6.07) is -0.846. The van der Waals surface area contributed by atoms with E-state index in [0.29, 0.717) is 17.4 Å². The molecule has 9 heteroatoms. The van der Waals surface area contributed by atoms with Gasteiger partial charge in [0.1, 0.15) is 13.2 Å². The topological polar surface area (TPSA) is 105 Å². The lowest BCUT2D eigenvalue weighted by atomic mass is 10.0. The fraction of sp³-hybridized carbons (Fsp3) is 0.881. The number of unbranched alkanes of at least 4 members (excludes halogenated alkanes) is 37. The Morgan fingerprint density at radius 3 is 1.21 bits per heavy atom. The summed E-state index contributed by atoms with van der Waals surface area (Å²) in [6.45, 7) is 4.85. The van der Waals surface area contributed by atoms with E-state index in [0.717, 1.165) is 44.9 Å². The first kappa shape index (κ1) is 66.7. The summed E-state index contributed by atoms with van der Waals surface area (Å²) in [7, 11) is 1.58. The van der Waals surface area contributed by atoms with Crippen molar-refractivity contribution >= 4 is 13.7 Å². The number of aliphatic hydroxyl groups excluding tert-OH is 1. The van der Waals surface area contributed by atoms with Crippen LogP contribution in [0.15, 0.2) is 36.5 Å². The van der Waals surface area contributed by atoms with Gasteiger partial charge in [0.15, 0.2) is 0 Å². The Labute approximate surface area is 423 Å². The van der Waals surface area contributed by atoms with Gasteiger partial charge < -0.3 is 19.8 Å². The standard InChI is InChI=1S/C59H115N2O6P/c1-6-8-10-12-14-16-18-20-22-24-25-26-27-28-29-30-31-32-33-34-35-37-39-41-43-45-47-49-51-53-59(63)60-57(56-67-68(64,65)66-55-54-61(3,4)5)58(62)52-50-48-46-44-42-40-38-36-23-21-19-17-15-13-11-9-7-2/h25-26,28-29,50,52,57-58,62H,6-24,27,30-49,51,53-56H2,1-5H3,(H-,60,63,64,65)/p+1/b26-25-,29-28-,52-50+. The maximum Gasteiger partial charge on any atom is 0.472 e. The molecule has 0 bridgehead atoms. The minimum Gasteiger partial charge on any atom is -0.387 e. The van der Waals surface area contributed by atoms with Crippen LogP contribution in [0.1, 0.15) is 284 Å². The Hall–Kier alpha value is -1.28. The molecule has 8 nitrogen and oxygen atoms in total. The van der Waals surface area contributed by atoms with Crippen LogP contribution in [0.25, 0.3) is 0 Å². The number of aliphatic hydroxyl groups is 1. The van der Waals surface area contributed by atoms with Crippen molar-refractivity contribution in [2.24, 2.45) is 0 Å². The lowest BCUT2D eigenvalue weighted by molar-refractivity contribution is -0.870. The number of phosphoric acid groups is 1. The van der Waals surface area contributed by atoms with E-state index in [2.05, 4.69) is 43.5 Å². The molecule has 0 aliphatic heterocycles. The molecule has 0 aromatic rings. The molecule has 402 valence electrons. The molecule has 0 aliphatic rings. The summed E-state index contributed by atoms with van der Waals surface area (Å²) >= 11 is 0. The van der Waals surface area contributed by atoms with Gasteiger partial charge in [-0.25, -0.2) is 4.57 Å². The summed E-state index contributed by atoms with van der Waals surface area (Å²) in [5.41, 5.74) is 0. The van der Waals surface area contributed by atoms with E-state index in [-0.39, 0.29) is 19.1 Å². The number of nitrogens with zero attached hydrogens (tertiary/aromatic N) is 1. The van der Waals surface area contributed by atoms with Crippen LogP contribution in [0.3, 0.4) is 0 Å². The van der Waals surface area contributed by atoms with Crippen molar-refractivity contribution in [3.63, 3.8) is 0 Å². The van der Waals surface area contributed by atoms with Crippen LogP contribution in [0, 0.1) is 0 Å². The Morgan fingerprint density at radius 1 is 0.500 bits per heavy atom. The van der Waals surface area contributed by atoms with Gasteiger partial charge in [-0.15, -0.1) is 0 Å². The molecule has 1 amide bonds. The zero-order valence-electron chi connectivity index (χ0n) is 45.9. The van der Waals surface area contributed by atoms with Crippen molar-refractivity contribution < 1.29 is 32.9 Å². The van der Waals surface area contributed by atoms with Gasteiger partial charge in [0, 0.05) is 6.42 Å². The molecule has 0 fully saturated rings. The Morgan fingerprint density at radius 2 is 0.838 bits per heavy atom. The number of nitrogens with one attached hydrogen (secondary N) is 1. The van der Waals surface area contributed by atoms with E-state index in [4.69, 9.17) is 9.05 Å². The number of hydrogen-bond acceptors (Lipinski definition) is 5. The molecular formula is C59H116N2O6P+. The third-order valence-corrected chi connectivity index (χ3v) is 14.3. The number of carbonyl (C=O) groups excluding carboxylic acids is 1. The molecule has 3 unspecified atom stereocenters. The average molecular weight is 981 g/mol. The molecule has 0 aromatic heterocycles. The van der Waals surface area contributed by atoms with Crippen LogP contribution in [0.2, 0.25) is 0 Å². The number of hydrogen-bond donors (Lipinski definition) is 3. The normalized spacial score (nSPS) is 14.2. The van der Waals surface area contributed by atoms with Crippen molar-refractivity contribution in [1.82, 2.24) is 5.32 Å². The summed E-state index contributed by atoms with van der Waals surface area (Å²) in [5.74, 6) is -0.175. The molecule has 3 N–H and O–H groups in total. The highest BCUT2D eigenvalue weighted by Gasteiger charge is 2.27. The number of likely N-dealkylation sites (N-methyl/N-ethyl adjacent to an activating group) is 1. The highest BCUT2D eigenvalue weighted by Crippen LogP contribution is 2.43. The average Bonchev–Trinajstić information content (AvgIpc) is 3.30. The van der Waals surface area contributed by atoms with E-state index < -0.39 is 20.0 Å². The van der Waals surface area contributed by atoms with E-state index in [9.17, 15) is 19.4 Å². The summed E-state index contributed by atoms with van der Waals surface area (Å²) in [4.78, 5) is 23.3. The number of amides is 1. The Bertz CT molecular complexity index is 1200. The molecule has 0 saturated heterocycles. The number of rotatable bonds is 54. The molecule has 0 heterocycles. The monoisotopic (exact) mass is 980 g/mol. The summed E-state index contributed by atoms with van der Waals surface area (Å²) < 4.78 is 23.7. The first-order valence-corrected chi connectivity index (χ1v) is 30.9. The van der Waals surface area contributed by atoms with Gasteiger partial charge in [-0.3, -0.25) is 13.8 Å². The minimum atomic E-state index is -4.34. The molecule has 0 radical (unpaired) electrons. The highest BCUT2D eigenvalue weighted by molar-refractivity contribution is 7.47. The van der Waals surface area contributed by atoms with Crippen LogP contribution in [-0.4, -0.2) is 73.4 Å².